The van der Waals surface area contributed by atoms with Crippen LogP contribution in [0.5, 0.6) is 5.75 Å². The topological polar surface area (TPSA) is 87.3 Å². The van der Waals surface area contributed by atoms with Crippen molar-refractivity contribution in [3.63, 3.8) is 0 Å². The molecule has 1 spiro atoms. The molecule has 1 aromatic heterocycles. The van der Waals surface area contributed by atoms with Crippen molar-refractivity contribution >= 4 is 11.8 Å². The number of rotatable bonds is 4. The molecule has 1 saturated heterocycles. The van der Waals surface area contributed by atoms with E-state index in [0.29, 0.717) is 43.2 Å². The number of piperidine rings is 1. The van der Waals surface area contributed by atoms with Crippen LogP contribution in [0.25, 0.3) is 0 Å². The first-order chi connectivity index (χ1) is 16.1. The molecule has 0 bridgehead atoms. The zero-order valence-corrected chi connectivity index (χ0v) is 19.4. The average Bonchev–Trinajstić information content (AvgIpc) is 3.32. The van der Waals surface area contributed by atoms with Crippen molar-refractivity contribution in [2.75, 3.05) is 26.2 Å². The van der Waals surface area contributed by atoms with Gasteiger partial charge in [-0.25, -0.2) is 0 Å². The molecular weight excluding hydrogens is 416 g/mol. The summed E-state index contributed by atoms with van der Waals surface area (Å²) in [5.74, 6) is 0.502. The maximum absolute atomic E-state index is 13.0. The van der Waals surface area contributed by atoms with E-state index < -0.39 is 0 Å². The molecule has 7 nitrogen and oxygen atoms in total. The van der Waals surface area contributed by atoms with Gasteiger partial charge in [0.15, 0.2) is 0 Å². The number of carbonyl (C=O) groups is 2. The zero-order chi connectivity index (χ0) is 23.1. The van der Waals surface area contributed by atoms with Crippen molar-refractivity contribution < 1.29 is 14.3 Å². The number of amides is 2. The van der Waals surface area contributed by atoms with E-state index >= 15 is 0 Å². The number of hydrogen-bond acceptors (Lipinski definition) is 4. The lowest BCUT2D eigenvalue weighted by molar-refractivity contribution is 0.0561. The third kappa shape index (κ3) is 5.64. The number of aryl methyl sites for hydroxylation is 1. The van der Waals surface area contributed by atoms with Crippen LogP contribution in [0, 0.1) is 5.41 Å². The van der Waals surface area contributed by atoms with E-state index in [1.807, 2.05) is 29.2 Å². The van der Waals surface area contributed by atoms with E-state index in [2.05, 4.69) is 34.6 Å². The normalized spacial score (nSPS) is 19.5. The minimum absolute atomic E-state index is 0.0114. The van der Waals surface area contributed by atoms with E-state index in [1.165, 1.54) is 0 Å². The molecule has 2 aromatic rings. The van der Waals surface area contributed by atoms with Gasteiger partial charge >= 0.3 is 0 Å². The maximum atomic E-state index is 13.0. The monoisotopic (exact) mass is 450 g/mol. The van der Waals surface area contributed by atoms with Crippen LogP contribution < -0.4 is 10.1 Å². The first-order valence-corrected chi connectivity index (χ1v) is 12.1. The first-order valence-electron chi connectivity index (χ1n) is 12.1. The number of unbranched alkanes of at least 4 members (excludes halogenated alkanes) is 1. The number of benzene rings is 1. The summed E-state index contributed by atoms with van der Waals surface area (Å²) < 4.78 is 5.81. The van der Waals surface area contributed by atoms with Crippen LogP contribution in [0.3, 0.4) is 0 Å². The molecule has 2 aliphatic rings. The predicted octanol–water partition coefficient (Wildman–Crippen LogP) is 4.13. The van der Waals surface area contributed by atoms with E-state index in [1.54, 1.807) is 6.07 Å². The number of nitrogens with zero attached hydrogens (tertiary/aromatic N) is 2. The Morgan fingerprint density at radius 1 is 1.21 bits per heavy atom. The fraction of sp³-hybridized carbons (Fsp3) is 0.500. The molecule has 0 radical (unpaired) electrons. The minimum atomic E-state index is -0.107. The summed E-state index contributed by atoms with van der Waals surface area (Å²) in [5.41, 5.74) is 2.03. The molecule has 1 aromatic carbocycles. The number of nitrogens with one attached hydrogen (secondary N) is 2. The minimum Gasteiger partial charge on any atom is -0.492 e. The molecular formula is C26H34N4O3. The van der Waals surface area contributed by atoms with Crippen molar-refractivity contribution in [2.45, 2.75) is 51.9 Å². The number of carbonyl (C=O) groups excluding carboxylic acids is 2. The van der Waals surface area contributed by atoms with Gasteiger partial charge in [-0.15, -0.1) is 0 Å². The molecule has 4 rings (SSSR count). The SMILES string of the molecule is CCCCc1cc(C(=O)N2CCC3(C/C=C/CCOc4ccccc4C(=O)NC3)CC2)n[nH]1. The Kier molecular flexibility index (Phi) is 7.47. The highest BCUT2D eigenvalue weighted by Crippen LogP contribution is 2.36. The third-order valence-electron chi connectivity index (χ3n) is 6.78. The number of fused-ring (bicyclic) bond motifs is 1. The Bertz CT molecular complexity index is 989. The van der Waals surface area contributed by atoms with Gasteiger partial charge in [0.2, 0.25) is 0 Å². The quantitative estimate of drug-likeness (QED) is 0.686. The second kappa shape index (κ2) is 10.7. The predicted molar refractivity (Wildman–Crippen MR) is 127 cm³/mol. The van der Waals surface area contributed by atoms with Crippen LogP contribution in [-0.2, 0) is 6.42 Å². The number of H-pyrrole nitrogens is 1. The third-order valence-corrected chi connectivity index (χ3v) is 6.78. The highest BCUT2D eigenvalue weighted by molar-refractivity contribution is 5.97. The molecule has 33 heavy (non-hydrogen) atoms. The number of allylic oxidation sites excluding steroid dienone is 1. The second-order valence-electron chi connectivity index (χ2n) is 9.17. The lowest BCUT2D eigenvalue weighted by atomic mass is 9.75. The fourth-order valence-corrected chi connectivity index (χ4v) is 4.60. The standard InChI is InChI=1S/C26H34N4O3/c1-2-3-9-20-18-22(29-28-20)25(32)30-15-13-26(14-16-30)12-7-4-8-17-33-23-11-6-5-10-21(23)24(31)27-19-26/h4-7,10-11,18H,2-3,8-9,12-17,19H2,1H3,(H,27,31)(H,28,29)/b7-4+. The molecule has 3 heterocycles. The molecule has 0 saturated carbocycles. The Labute approximate surface area is 195 Å². The molecule has 176 valence electrons. The van der Waals surface area contributed by atoms with Gasteiger partial charge in [0, 0.05) is 25.3 Å². The summed E-state index contributed by atoms with van der Waals surface area (Å²) in [6.45, 7) is 4.60. The first kappa shape index (κ1) is 23.1. The fourth-order valence-electron chi connectivity index (χ4n) is 4.60. The Hall–Kier alpha value is -3.09. The van der Waals surface area contributed by atoms with Gasteiger partial charge < -0.3 is 15.0 Å². The van der Waals surface area contributed by atoms with Crippen LogP contribution in [0.1, 0.15) is 72.0 Å². The molecule has 7 heteroatoms. The number of ether oxygens (including phenoxy) is 1. The molecule has 2 amide bonds. The van der Waals surface area contributed by atoms with Gasteiger partial charge in [0.25, 0.3) is 11.8 Å². The molecule has 2 aliphatic heterocycles. The largest absolute Gasteiger partial charge is 0.492 e. The van der Waals surface area contributed by atoms with Crippen LogP contribution in [0.2, 0.25) is 0 Å². The van der Waals surface area contributed by atoms with Crippen molar-refractivity contribution in [3.05, 3.63) is 59.4 Å². The van der Waals surface area contributed by atoms with Gasteiger partial charge in [-0.3, -0.25) is 14.7 Å². The number of hydrogen-bond donors (Lipinski definition) is 2. The summed E-state index contributed by atoms with van der Waals surface area (Å²) in [6, 6.07) is 9.27. The van der Waals surface area contributed by atoms with Gasteiger partial charge in [0.1, 0.15) is 11.4 Å². The Morgan fingerprint density at radius 2 is 2.03 bits per heavy atom. The second-order valence-corrected chi connectivity index (χ2v) is 9.17. The van der Waals surface area contributed by atoms with Gasteiger partial charge in [-0.2, -0.15) is 5.10 Å². The van der Waals surface area contributed by atoms with Crippen LogP contribution in [-0.4, -0.2) is 53.2 Å². The van der Waals surface area contributed by atoms with Crippen molar-refractivity contribution in [1.82, 2.24) is 20.4 Å². The highest BCUT2D eigenvalue weighted by atomic mass is 16.5. The molecule has 0 aliphatic carbocycles. The zero-order valence-electron chi connectivity index (χ0n) is 19.4. The van der Waals surface area contributed by atoms with Crippen LogP contribution >= 0.6 is 0 Å². The summed E-state index contributed by atoms with van der Waals surface area (Å²) in [7, 11) is 0. The lowest BCUT2D eigenvalue weighted by Gasteiger charge is -2.41. The highest BCUT2D eigenvalue weighted by Gasteiger charge is 2.36. The Balaban J connectivity index is 1.41. The molecule has 0 unspecified atom stereocenters. The molecule has 0 atom stereocenters. The van der Waals surface area contributed by atoms with Gasteiger partial charge in [-0.1, -0.05) is 37.6 Å². The maximum Gasteiger partial charge on any atom is 0.274 e. The van der Waals surface area contributed by atoms with E-state index in [4.69, 9.17) is 4.74 Å². The number of aromatic amines is 1. The summed E-state index contributed by atoms with van der Waals surface area (Å²) in [4.78, 5) is 27.8. The molecule has 2 N–H and O–H groups in total. The number of likely N-dealkylation sites (tertiary alicyclic amines) is 1. The van der Waals surface area contributed by atoms with E-state index in [-0.39, 0.29) is 17.2 Å². The van der Waals surface area contributed by atoms with Gasteiger partial charge in [-0.05, 0) is 62.1 Å². The van der Waals surface area contributed by atoms with Crippen LogP contribution in [0.4, 0.5) is 0 Å². The lowest BCUT2D eigenvalue weighted by Crippen LogP contribution is -2.48. The summed E-state index contributed by atoms with van der Waals surface area (Å²) in [6.07, 6.45) is 10.8. The summed E-state index contributed by atoms with van der Waals surface area (Å²) in [5, 5.41) is 10.4. The van der Waals surface area contributed by atoms with Crippen molar-refractivity contribution in [1.29, 1.82) is 0 Å². The number of aromatic nitrogens is 2. The Morgan fingerprint density at radius 3 is 2.85 bits per heavy atom. The molecule has 1 fully saturated rings. The van der Waals surface area contributed by atoms with Gasteiger partial charge in [0.05, 0.1) is 12.2 Å². The summed E-state index contributed by atoms with van der Waals surface area (Å²) >= 11 is 0. The van der Waals surface area contributed by atoms with E-state index in [9.17, 15) is 9.59 Å². The average molecular weight is 451 g/mol. The van der Waals surface area contributed by atoms with Crippen LogP contribution in [0.15, 0.2) is 42.5 Å². The van der Waals surface area contributed by atoms with E-state index in [0.717, 1.165) is 50.6 Å². The van der Waals surface area contributed by atoms with Crippen molar-refractivity contribution in [3.8, 4) is 5.75 Å². The van der Waals surface area contributed by atoms with Crippen molar-refractivity contribution in [2.24, 2.45) is 5.41 Å². The number of para-hydroxylation sites is 1. The smallest absolute Gasteiger partial charge is 0.274 e.